The van der Waals surface area contributed by atoms with E-state index in [2.05, 4.69) is 41.1 Å². The number of fused-ring (bicyclic) bond motifs is 4. The lowest BCUT2D eigenvalue weighted by molar-refractivity contribution is -0.742. The summed E-state index contributed by atoms with van der Waals surface area (Å²) < 4.78 is 25.1. The molecule has 2 heterocycles. The van der Waals surface area contributed by atoms with Gasteiger partial charge in [-0.05, 0) is 96.4 Å². The Bertz CT molecular complexity index is 2000. The second-order valence-electron chi connectivity index (χ2n) is 17.0. The van der Waals surface area contributed by atoms with Crippen LogP contribution in [0.15, 0.2) is 60.7 Å². The number of benzene rings is 3. The molecule has 1 aliphatic carbocycles. The third-order valence-electron chi connectivity index (χ3n) is 10.6. The summed E-state index contributed by atoms with van der Waals surface area (Å²) in [5, 5.41) is 2.99. The topological polar surface area (TPSA) is 128 Å². The van der Waals surface area contributed by atoms with Crippen LogP contribution in [0.1, 0.15) is 102 Å². The number of piperidine rings is 1. The molecule has 3 aromatic carbocycles. The van der Waals surface area contributed by atoms with Crippen molar-refractivity contribution in [3.05, 3.63) is 77.4 Å². The molecule has 2 N–H and O–H groups in total. The minimum atomic E-state index is -0.694. The fourth-order valence-corrected chi connectivity index (χ4v) is 8.12. The van der Waals surface area contributed by atoms with Crippen LogP contribution in [0.25, 0.3) is 11.1 Å². The SMILES string of the molecule is CC[N+]1=C(CNC(=O)OCC2c3ccccc3-c3ccccc32)[NH+](CC)c2cc(OCC(=O)OC(C)(C)C)c(C(=O)CC3CCN(C(=O)OC(C)(C)C)CC3)cc21.[I-]. The number of likely N-dealkylation sites (N-methyl/N-ethyl adjacent to an activating group) is 1. The van der Waals surface area contributed by atoms with Gasteiger partial charge in [0.15, 0.2) is 25.5 Å². The molecule has 2 aliphatic heterocycles. The lowest BCUT2D eigenvalue weighted by Gasteiger charge is -2.33. The van der Waals surface area contributed by atoms with E-state index >= 15 is 0 Å². The molecule has 13 heteroatoms. The van der Waals surface area contributed by atoms with Crippen molar-refractivity contribution in [2.24, 2.45) is 5.92 Å². The molecule has 0 bridgehead atoms. The van der Waals surface area contributed by atoms with Crippen LogP contribution in [0.5, 0.6) is 5.75 Å². The van der Waals surface area contributed by atoms with E-state index < -0.39 is 23.3 Å². The summed E-state index contributed by atoms with van der Waals surface area (Å²) in [4.78, 5) is 55.6. The van der Waals surface area contributed by atoms with Crippen molar-refractivity contribution in [1.29, 1.82) is 0 Å². The first-order chi connectivity index (χ1) is 27.1. The largest absolute Gasteiger partial charge is 1.00 e. The molecule has 2 amide bonds. The molecule has 6 rings (SSSR count). The van der Waals surface area contributed by atoms with Gasteiger partial charge in [0, 0.05) is 37.6 Å². The lowest BCUT2D eigenvalue weighted by atomic mass is 9.89. The van der Waals surface area contributed by atoms with Crippen LogP contribution in [0.3, 0.4) is 0 Å². The number of likely N-dealkylation sites (tertiary alicyclic amines) is 1. The minimum absolute atomic E-state index is 0. The van der Waals surface area contributed by atoms with E-state index in [1.807, 2.05) is 64.1 Å². The molecule has 312 valence electrons. The highest BCUT2D eigenvalue weighted by atomic mass is 127. The van der Waals surface area contributed by atoms with Gasteiger partial charge in [-0.25, -0.2) is 19.3 Å². The van der Waals surface area contributed by atoms with Crippen molar-refractivity contribution in [2.75, 3.05) is 45.9 Å². The van der Waals surface area contributed by atoms with Crippen LogP contribution in [0.4, 0.5) is 21.0 Å². The molecule has 0 aromatic heterocycles. The number of amides is 2. The number of carbonyl (C=O) groups is 4. The van der Waals surface area contributed by atoms with Gasteiger partial charge in [-0.2, -0.15) is 0 Å². The van der Waals surface area contributed by atoms with E-state index in [9.17, 15) is 19.2 Å². The first-order valence-corrected chi connectivity index (χ1v) is 20.2. The molecule has 1 atom stereocenters. The fraction of sp³-hybridized carbons (Fsp3) is 0.489. The van der Waals surface area contributed by atoms with Gasteiger partial charge < -0.3 is 53.1 Å². The van der Waals surface area contributed by atoms with Crippen LogP contribution in [0, 0.1) is 5.92 Å². The van der Waals surface area contributed by atoms with Gasteiger partial charge in [0.1, 0.15) is 23.6 Å². The van der Waals surface area contributed by atoms with Gasteiger partial charge in [0.2, 0.25) is 5.69 Å². The van der Waals surface area contributed by atoms with E-state index in [0.717, 1.165) is 44.4 Å². The normalized spacial score (nSPS) is 16.5. The lowest BCUT2D eigenvalue weighted by Crippen LogP contribution is -3.10. The first kappa shape index (κ1) is 44.6. The number of nitrogens with zero attached hydrogens (tertiary/aromatic N) is 2. The van der Waals surface area contributed by atoms with Gasteiger partial charge in [-0.3, -0.25) is 4.79 Å². The zero-order valence-electron chi connectivity index (χ0n) is 35.0. The van der Waals surface area contributed by atoms with Crippen LogP contribution in [-0.4, -0.2) is 96.4 Å². The molecular weight excluding hydrogens is 851 g/mol. The highest BCUT2D eigenvalue weighted by Crippen LogP contribution is 2.44. The number of Topliss-reactive ketones (excluding diaryl/α,β-unsaturated/α-hetero) is 1. The molecule has 0 spiro atoms. The van der Waals surface area contributed by atoms with E-state index in [1.165, 1.54) is 0 Å². The van der Waals surface area contributed by atoms with Crippen molar-refractivity contribution in [2.45, 2.75) is 91.8 Å². The number of nitrogens with one attached hydrogen (secondary N) is 2. The number of hydrogen-bond acceptors (Lipinski definition) is 8. The molecule has 0 radical (unpaired) electrons. The van der Waals surface area contributed by atoms with E-state index in [0.29, 0.717) is 50.3 Å². The number of esters is 1. The number of rotatable bonds is 12. The summed E-state index contributed by atoms with van der Waals surface area (Å²) in [6.07, 6.45) is 0.741. The highest BCUT2D eigenvalue weighted by molar-refractivity contribution is 6.01. The Hall–Kier alpha value is -4.50. The Morgan fingerprint density at radius 2 is 1.47 bits per heavy atom. The van der Waals surface area contributed by atoms with Crippen LogP contribution < -0.4 is 38.9 Å². The quantitative estimate of drug-likeness (QED) is 0.0926. The summed E-state index contributed by atoms with van der Waals surface area (Å²) >= 11 is 0. The third-order valence-corrected chi connectivity index (χ3v) is 10.6. The van der Waals surface area contributed by atoms with Crippen LogP contribution in [-0.2, 0) is 19.0 Å². The molecule has 58 heavy (non-hydrogen) atoms. The van der Waals surface area contributed by atoms with Crippen molar-refractivity contribution in [3.8, 4) is 16.9 Å². The van der Waals surface area contributed by atoms with E-state index in [-0.39, 0.29) is 73.9 Å². The molecule has 0 saturated carbocycles. The highest BCUT2D eigenvalue weighted by Gasteiger charge is 2.43. The van der Waals surface area contributed by atoms with Gasteiger partial charge in [0.05, 0.1) is 12.1 Å². The van der Waals surface area contributed by atoms with E-state index in [4.69, 9.17) is 18.9 Å². The molecular formula is C45H58IN4O8+. The minimum Gasteiger partial charge on any atom is -1.00 e. The number of halogens is 1. The van der Waals surface area contributed by atoms with Crippen LogP contribution in [0.2, 0.25) is 0 Å². The average molecular weight is 910 g/mol. The summed E-state index contributed by atoms with van der Waals surface area (Å²) in [5.41, 5.74) is 5.44. The molecule has 3 aliphatic rings. The maximum Gasteiger partial charge on any atom is 0.410 e. The number of hydrogen-bond donors (Lipinski definition) is 2. The second-order valence-corrected chi connectivity index (χ2v) is 17.0. The number of alkyl carbamates (subject to hydrolysis) is 1. The van der Waals surface area contributed by atoms with Crippen molar-refractivity contribution >= 4 is 41.1 Å². The Kier molecular flexibility index (Phi) is 14.3. The molecule has 1 fully saturated rings. The van der Waals surface area contributed by atoms with Crippen molar-refractivity contribution in [3.63, 3.8) is 0 Å². The number of quaternary nitrogens is 1. The van der Waals surface area contributed by atoms with Gasteiger partial charge in [-0.15, -0.1) is 4.58 Å². The molecule has 12 nitrogen and oxygen atoms in total. The van der Waals surface area contributed by atoms with Crippen LogP contribution >= 0.6 is 0 Å². The monoisotopic (exact) mass is 909 g/mol. The number of amidine groups is 1. The third kappa shape index (κ3) is 10.4. The molecule has 1 saturated heterocycles. The van der Waals surface area contributed by atoms with Crippen molar-refractivity contribution in [1.82, 2.24) is 10.2 Å². The Balaban J connectivity index is 0.00000641. The smallest absolute Gasteiger partial charge is 0.410 e. The van der Waals surface area contributed by atoms with Crippen molar-refractivity contribution < 1.29 is 71.6 Å². The first-order valence-electron chi connectivity index (χ1n) is 20.2. The molecule has 1 unspecified atom stereocenters. The predicted octanol–water partition coefficient (Wildman–Crippen LogP) is 3.78. The summed E-state index contributed by atoms with van der Waals surface area (Å²) in [6.45, 7) is 17.3. The maximum atomic E-state index is 14.2. The summed E-state index contributed by atoms with van der Waals surface area (Å²) in [5.74, 6) is 0.581. The van der Waals surface area contributed by atoms with Gasteiger partial charge in [-0.1, -0.05) is 48.5 Å². The summed E-state index contributed by atoms with van der Waals surface area (Å²) in [7, 11) is 0. The number of ketones is 1. The molecule has 3 aromatic rings. The second kappa shape index (κ2) is 18.6. The zero-order chi connectivity index (χ0) is 41.1. The van der Waals surface area contributed by atoms with Gasteiger partial charge >= 0.3 is 24.0 Å². The van der Waals surface area contributed by atoms with E-state index in [1.54, 1.807) is 25.7 Å². The zero-order valence-corrected chi connectivity index (χ0v) is 37.2. The average Bonchev–Trinajstić information content (AvgIpc) is 3.64. The Morgan fingerprint density at radius 3 is 2.03 bits per heavy atom. The summed E-state index contributed by atoms with van der Waals surface area (Å²) in [6, 6.07) is 20.2. The Labute approximate surface area is 359 Å². The predicted molar refractivity (Wildman–Crippen MR) is 217 cm³/mol. The standard InChI is InChI=1S/C45H56N4O8.HI/c1-9-48-36-24-34(38(50)23-29-19-21-47(22-20-29)43(53)57-45(6,7)8)39(54-28-41(51)56-44(3,4)5)25-37(36)49(10-2)40(48)26-46-42(52)55-27-35-32-17-13-11-15-30(32)31-16-12-14-18-33(31)35;/h11-18,24-25,29,35H,9-10,19-23,26-28H2,1-8H3;1H/p+1. The Morgan fingerprint density at radius 1 is 0.862 bits per heavy atom. The van der Waals surface area contributed by atoms with Gasteiger partial charge in [0.25, 0.3) is 5.69 Å². The fourth-order valence-electron chi connectivity index (χ4n) is 8.12. The maximum absolute atomic E-state index is 14.2. The number of ether oxygens (including phenoxy) is 4. The number of carbonyl (C=O) groups excluding carboxylic acids is 4.